The number of aliphatic imine (C=N–C) groups is 2. The summed E-state index contributed by atoms with van der Waals surface area (Å²) >= 11 is 0. The second-order valence-corrected chi connectivity index (χ2v) is 8.00. The number of hydrogen-bond acceptors (Lipinski definition) is 6. The molecule has 144 valence electrons. The van der Waals surface area contributed by atoms with Crippen LogP contribution in [0, 0.1) is 0 Å². The Kier molecular flexibility index (Phi) is 4.12. The molecule has 0 unspecified atom stereocenters. The van der Waals surface area contributed by atoms with Gasteiger partial charge in [0.1, 0.15) is 5.84 Å². The van der Waals surface area contributed by atoms with E-state index in [1.807, 2.05) is 36.7 Å². The van der Waals surface area contributed by atoms with Crippen LogP contribution in [-0.2, 0) is 6.54 Å². The molecule has 3 heterocycles. The fraction of sp³-hybridized carbons (Fsp3) is 0.217. The van der Waals surface area contributed by atoms with Crippen LogP contribution in [0.5, 0.6) is 0 Å². The van der Waals surface area contributed by atoms with Crippen LogP contribution in [0.25, 0.3) is 11.3 Å². The summed E-state index contributed by atoms with van der Waals surface area (Å²) in [6.45, 7) is 5.68. The lowest BCUT2D eigenvalue weighted by atomic mass is 10.0. The van der Waals surface area contributed by atoms with Gasteiger partial charge in [-0.3, -0.25) is 9.98 Å². The van der Waals surface area contributed by atoms with Crippen molar-refractivity contribution in [2.24, 2.45) is 9.98 Å². The van der Waals surface area contributed by atoms with Gasteiger partial charge >= 0.3 is 0 Å². The molecular weight excluding hydrogens is 360 g/mol. The summed E-state index contributed by atoms with van der Waals surface area (Å²) in [6, 6.07) is 16.3. The lowest BCUT2D eigenvalue weighted by Crippen LogP contribution is -2.39. The van der Waals surface area contributed by atoms with Crippen molar-refractivity contribution in [1.29, 1.82) is 0 Å². The van der Waals surface area contributed by atoms with Gasteiger partial charge in [-0.05, 0) is 38.1 Å². The van der Waals surface area contributed by atoms with E-state index in [0.29, 0.717) is 12.5 Å². The van der Waals surface area contributed by atoms with Crippen LogP contribution in [0.2, 0.25) is 0 Å². The fourth-order valence-electron chi connectivity index (χ4n) is 3.56. The number of nitrogens with zero attached hydrogens (tertiary/aromatic N) is 4. The molecule has 2 aromatic carbocycles. The Balaban J connectivity index is 1.40. The number of fused-ring (bicyclic) bond motifs is 3. The highest BCUT2D eigenvalue weighted by molar-refractivity contribution is 6.00. The topological polar surface area (TPSA) is 74.6 Å². The molecule has 3 aromatic rings. The minimum Gasteiger partial charge on any atom is -0.363 e. The molecule has 6 nitrogen and oxygen atoms in total. The first-order valence-corrected chi connectivity index (χ1v) is 9.73. The van der Waals surface area contributed by atoms with Gasteiger partial charge in [-0.1, -0.05) is 24.3 Å². The first-order chi connectivity index (χ1) is 14.1. The Labute approximate surface area is 169 Å². The van der Waals surface area contributed by atoms with Gasteiger partial charge in [-0.2, -0.15) is 0 Å². The van der Waals surface area contributed by atoms with Crippen LogP contribution in [0.1, 0.15) is 30.5 Å². The van der Waals surface area contributed by atoms with E-state index in [0.717, 1.165) is 46.0 Å². The molecule has 0 amide bonds. The maximum atomic E-state index is 4.79. The molecule has 0 spiro atoms. The van der Waals surface area contributed by atoms with Crippen molar-refractivity contribution in [2.75, 3.05) is 11.9 Å². The second kappa shape index (κ2) is 6.81. The third-order valence-corrected chi connectivity index (χ3v) is 5.08. The SMILES string of the molecule is CC1(C)CN=C(c2ccc(Nc3ncc4c(n3)-c3ccccc3C=NC4)cc2)N1. The maximum Gasteiger partial charge on any atom is 0.227 e. The first-order valence-electron chi connectivity index (χ1n) is 9.73. The summed E-state index contributed by atoms with van der Waals surface area (Å²) < 4.78 is 0. The summed E-state index contributed by atoms with van der Waals surface area (Å²) in [7, 11) is 0. The van der Waals surface area contributed by atoms with Crippen molar-refractivity contribution in [3.05, 3.63) is 71.4 Å². The Morgan fingerprint density at radius 3 is 2.66 bits per heavy atom. The van der Waals surface area contributed by atoms with E-state index >= 15 is 0 Å². The quantitative estimate of drug-likeness (QED) is 0.719. The number of nitrogens with one attached hydrogen (secondary N) is 2. The van der Waals surface area contributed by atoms with Gasteiger partial charge in [0.15, 0.2) is 0 Å². The van der Waals surface area contributed by atoms with Gasteiger partial charge in [0.2, 0.25) is 5.95 Å². The standard InChI is InChI=1S/C23H22N6/c1-23(2)14-26-21(29-23)15-7-9-18(10-8-15)27-22-25-13-17-12-24-11-16-5-3-4-6-19(16)20(17)28-22/h3-11,13H,12,14H2,1-2H3,(H,26,29)(H,25,27,28). The molecular formula is C23H22N6. The van der Waals surface area contributed by atoms with E-state index in [4.69, 9.17) is 4.98 Å². The van der Waals surface area contributed by atoms with E-state index in [2.05, 4.69) is 63.7 Å². The van der Waals surface area contributed by atoms with Gasteiger partial charge in [0.25, 0.3) is 0 Å². The molecule has 0 atom stereocenters. The van der Waals surface area contributed by atoms with E-state index in [9.17, 15) is 0 Å². The lowest BCUT2D eigenvalue weighted by Gasteiger charge is -2.18. The molecule has 0 aliphatic carbocycles. The van der Waals surface area contributed by atoms with E-state index in [1.54, 1.807) is 0 Å². The lowest BCUT2D eigenvalue weighted by molar-refractivity contribution is 0.506. The van der Waals surface area contributed by atoms with Gasteiger partial charge in [-0.15, -0.1) is 0 Å². The van der Waals surface area contributed by atoms with Crippen LogP contribution in [0.15, 0.2) is 64.7 Å². The van der Waals surface area contributed by atoms with Gasteiger partial charge in [0.05, 0.1) is 24.3 Å². The summed E-state index contributed by atoms with van der Waals surface area (Å²) in [5.74, 6) is 1.52. The van der Waals surface area contributed by atoms with Crippen molar-refractivity contribution in [3.63, 3.8) is 0 Å². The molecule has 0 fully saturated rings. The number of rotatable bonds is 3. The molecule has 29 heavy (non-hydrogen) atoms. The Hall–Kier alpha value is -3.54. The van der Waals surface area contributed by atoms with E-state index in [1.165, 1.54) is 0 Å². The molecule has 6 heteroatoms. The van der Waals surface area contributed by atoms with Gasteiger partial charge in [0, 0.05) is 40.4 Å². The number of hydrogen-bond donors (Lipinski definition) is 2. The van der Waals surface area contributed by atoms with Crippen LogP contribution in [0.4, 0.5) is 11.6 Å². The maximum absolute atomic E-state index is 4.79. The highest BCUT2D eigenvalue weighted by Crippen LogP contribution is 2.28. The highest BCUT2D eigenvalue weighted by atomic mass is 15.1. The molecule has 1 aromatic heterocycles. The highest BCUT2D eigenvalue weighted by Gasteiger charge is 2.25. The number of benzene rings is 2. The smallest absolute Gasteiger partial charge is 0.227 e. The predicted molar refractivity (Wildman–Crippen MR) is 117 cm³/mol. The Morgan fingerprint density at radius 1 is 1.03 bits per heavy atom. The number of amidine groups is 1. The largest absolute Gasteiger partial charge is 0.363 e. The van der Waals surface area contributed by atoms with Crippen LogP contribution in [-0.4, -0.2) is 34.1 Å². The van der Waals surface area contributed by atoms with Crippen LogP contribution in [0.3, 0.4) is 0 Å². The van der Waals surface area contributed by atoms with Crippen molar-refractivity contribution in [3.8, 4) is 11.3 Å². The average molecular weight is 382 g/mol. The summed E-state index contributed by atoms with van der Waals surface area (Å²) in [5.41, 5.74) is 6.14. The molecule has 5 rings (SSSR count). The van der Waals surface area contributed by atoms with E-state index < -0.39 is 0 Å². The van der Waals surface area contributed by atoms with E-state index in [-0.39, 0.29) is 5.54 Å². The number of aromatic nitrogens is 2. The Bertz CT molecular complexity index is 1130. The monoisotopic (exact) mass is 382 g/mol. The molecule has 0 saturated carbocycles. The van der Waals surface area contributed by atoms with Crippen LogP contribution < -0.4 is 10.6 Å². The van der Waals surface area contributed by atoms with Crippen molar-refractivity contribution in [1.82, 2.24) is 15.3 Å². The zero-order valence-electron chi connectivity index (χ0n) is 16.5. The third-order valence-electron chi connectivity index (χ3n) is 5.08. The predicted octanol–water partition coefficient (Wildman–Crippen LogP) is 3.95. The van der Waals surface area contributed by atoms with Gasteiger partial charge < -0.3 is 10.6 Å². The third kappa shape index (κ3) is 3.49. The fourth-order valence-corrected chi connectivity index (χ4v) is 3.56. The molecule has 2 aliphatic heterocycles. The van der Waals surface area contributed by atoms with Crippen molar-refractivity contribution >= 4 is 23.7 Å². The van der Waals surface area contributed by atoms with Gasteiger partial charge in [-0.25, -0.2) is 9.97 Å². The molecule has 2 aliphatic rings. The molecule has 2 N–H and O–H groups in total. The Morgan fingerprint density at radius 2 is 1.86 bits per heavy atom. The molecule has 0 bridgehead atoms. The van der Waals surface area contributed by atoms with Crippen molar-refractivity contribution < 1.29 is 0 Å². The van der Waals surface area contributed by atoms with Crippen LogP contribution >= 0.6 is 0 Å². The molecule has 0 radical (unpaired) electrons. The summed E-state index contributed by atoms with van der Waals surface area (Å²) in [6.07, 6.45) is 3.77. The summed E-state index contributed by atoms with van der Waals surface area (Å²) in [5, 5.41) is 6.77. The minimum atomic E-state index is 0.0158. The second-order valence-electron chi connectivity index (χ2n) is 8.00. The number of anilines is 2. The molecule has 0 saturated heterocycles. The zero-order chi connectivity index (χ0) is 19.8. The zero-order valence-corrected chi connectivity index (χ0v) is 16.5. The van der Waals surface area contributed by atoms with Crippen molar-refractivity contribution in [2.45, 2.75) is 25.9 Å². The summed E-state index contributed by atoms with van der Waals surface area (Å²) in [4.78, 5) is 18.4. The first kappa shape index (κ1) is 17.6. The normalized spacial score (nSPS) is 16.3. The minimum absolute atomic E-state index is 0.0158. The average Bonchev–Trinajstić information content (AvgIpc) is 2.99.